The van der Waals surface area contributed by atoms with Crippen molar-refractivity contribution in [3.05, 3.63) is 29.8 Å². The van der Waals surface area contributed by atoms with E-state index in [1.165, 1.54) is 29.6 Å². The van der Waals surface area contributed by atoms with Gasteiger partial charge in [-0.25, -0.2) is 0 Å². The van der Waals surface area contributed by atoms with Crippen molar-refractivity contribution in [1.29, 1.82) is 0 Å². The van der Waals surface area contributed by atoms with Crippen molar-refractivity contribution in [1.82, 2.24) is 0 Å². The van der Waals surface area contributed by atoms with Crippen LogP contribution in [0.1, 0.15) is 5.56 Å². The van der Waals surface area contributed by atoms with Crippen LogP contribution >= 0.6 is 0 Å². The standard InChI is InChI=1S/C10H9F5N2O/c11-9(12,10(13,14)15)8(18)17-7-3-1-2-6(4-7)5-16/h1-4H,5,16H2,(H,17,18). The Morgan fingerprint density at radius 1 is 1.22 bits per heavy atom. The Balaban J connectivity index is 2.88. The fourth-order valence-corrected chi connectivity index (χ4v) is 1.11. The largest absolute Gasteiger partial charge is 0.463 e. The molecule has 0 heterocycles. The first-order chi connectivity index (χ1) is 8.18. The molecular weight excluding hydrogens is 259 g/mol. The maximum absolute atomic E-state index is 12.6. The van der Waals surface area contributed by atoms with Crippen LogP contribution in [-0.2, 0) is 11.3 Å². The summed E-state index contributed by atoms with van der Waals surface area (Å²) in [6.45, 7) is 0.0688. The van der Waals surface area contributed by atoms with Crippen LogP contribution in [-0.4, -0.2) is 18.0 Å². The maximum atomic E-state index is 12.6. The maximum Gasteiger partial charge on any atom is 0.463 e. The number of hydrogen-bond acceptors (Lipinski definition) is 2. The molecule has 0 aromatic heterocycles. The molecule has 0 fully saturated rings. The summed E-state index contributed by atoms with van der Waals surface area (Å²) in [6.07, 6.45) is -5.93. The van der Waals surface area contributed by atoms with Crippen LogP contribution in [0.2, 0.25) is 0 Å². The average molecular weight is 268 g/mol. The van der Waals surface area contributed by atoms with Crippen LogP contribution in [0.3, 0.4) is 0 Å². The molecule has 0 saturated heterocycles. The summed E-state index contributed by atoms with van der Waals surface area (Å²) in [5, 5.41) is 1.50. The molecule has 0 bridgehead atoms. The van der Waals surface area contributed by atoms with Gasteiger partial charge < -0.3 is 11.1 Å². The number of anilines is 1. The van der Waals surface area contributed by atoms with E-state index < -0.39 is 18.0 Å². The van der Waals surface area contributed by atoms with Gasteiger partial charge in [0, 0.05) is 12.2 Å². The summed E-state index contributed by atoms with van der Waals surface area (Å²) in [4.78, 5) is 10.9. The highest BCUT2D eigenvalue weighted by molar-refractivity contribution is 5.96. The molecule has 3 nitrogen and oxygen atoms in total. The minimum Gasteiger partial charge on any atom is -0.326 e. The molecule has 0 radical (unpaired) electrons. The molecule has 1 rings (SSSR count). The Hall–Kier alpha value is -1.70. The monoisotopic (exact) mass is 268 g/mol. The second-order valence-electron chi connectivity index (χ2n) is 3.43. The van der Waals surface area contributed by atoms with Crippen LogP contribution in [0.5, 0.6) is 0 Å². The SMILES string of the molecule is NCc1cccc(NC(=O)C(F)(F)C(F)(F)F)c1. The molecule has 18 heavy (non-hydrogen) atoms. The summed E-state index contributed by atoms with van der Waals surface area (Å²) in [6, 6.07) is 5.31. The molecule has 0 aliphatic carbocycles. The van der Waals surface area contributed by atoms with Crippen molar-refractivity contribution in [2.75, 3.05) is 5.32 Å². The lowest BCUT2D eigenvalue weighted by atomic mass is 10.2. The minimum absolute atomic E-state index is 0.0688. The van der Waals surface area contributed by atoms with Crippen molar-refractivity contribution < 1.29 is 26.7 Å². The predicted molar refractivity (Wildman–Crippen MR) is 54.0 cm³/mol. The summed E-state index contributed by atoms with van der Waals surface area (Å²) in [5.74, 6) is -7.87. The molecule has 8 heteroatoms. The minimum atomic E-state index is -5.93. The molecule has 0 saturated carbocycles. The van der Waals surface area contributed by atoms with Crippen LogP contribution in [0.25, 0.3) is 0 Å². The zero-order valence-corrected chi connectivity index (χ0v) is 8.89. The van der Waals surface area contributed by atoms with E-state index in [0.29, 0.717) is 5.56 Å². The summed E-state index contributed by atoms with van der Waals surface area (Å²) < 4.78 is 61.0. The van der Waals surface area contributed by atoms with E-state index in [-0.39, 0.29) is 12.2 Å². The van der Waals surface area contributed by atoms with Crippen molar-refractivity contribution in [2.45, 2.75) is 18.6 Å². The number of benzene rings is 1. The van der Waals surface area contributed by atoms with Gasteiger partial charge in [0.1, 0.15) is 0 Å². The van der Waals surface area contributed by atoms with Crippen LogP contribution in [0, 0.1) is 0 Å². The summed E-state index contributed by atoms with van der Waals surface area (Å²) in [5.41, 5.74) is 5.58. The van der Waals surface area contributed by atoms with Gasteiger partial charge >= 0.3 is 18.0 Å². The zero-order chi connectivity index (χ0) is 14.0. The average Bonchev–Trinajstić information content (AvgIpc) is 2.27. The van der Waals surface area contributed by atoms with E-state index in [1.54, 1.807) is 0 Å². The second kappa shape index (κ2) is 4.89. The summed E-state index contributed by atoms with van der Waals surface area (Å²) in [7, 11) is 0. The van der Waals surface area contributed by atoms with Gasteiger partial charge in [0.05, 0.1) is 0 Å². The Morgan fingerprint density at radius 3 is 2.33 bits per heavy atom. The Morgan fingerprint density at radius 2 is 1.83 bits per heavy atom. The number of halogens is 5. The number of nitrogens with one attached hydrogen (secondary N) is 1. The number of hydrogen-bond donors (Lipinski definition) is 2. The second-order valence-corrected chi connectivity index (χ2v) is 3.43. The molecule has 1 aromatic rings. The summed E-state index contributed by atoms with van der Waals surface area (Å²) >= 11 is 0. The highest BCUT2D eigenvalue weighted by atomic mass is 19.4. The van der Waals surface area contributed by atoms with Gasteiger partial charge in [-0.3, -0.25) is 4.79 Å². The number of carbonyl (C=O) groups is 1. The molecule has 0 atom stereocenters. The topological polar surface area (TPSA) is 55.1 Å². The first-order valence-electron chi connectivity index (χ1n) is 4.73. The lowest BCUT2D eigenvalue weighted by molar-refractivity contribution is -0.267. The normalized spacial score (nSPS) is 12.3. The molecule has 3 N–H and O–H groups in total. The quantitative estimate of drug-likeness (QED) is 0.826. The van der Waals surface area contributed by atoms with Crippen LogP contribution < -0.4 is 11.1 Å². The van der Waals surface area contributed by atoms with Gasteiger partial charge in [-0.05, 0) is 17.7 Å². The molecule has 1 aromatic carbocycles. The van der Waals surface area contributed by atoms with E-state index >= 15 is 0 Å². The van der Waals surface area contributed by atoms with Crippen molar-refractivity contribution in [3.8, 4) is 0 Å². The first-order valence-corrected chi connectivity index (χ1v) is 4.73. The van der Waals surface area contributed by atoms with Crippen molar-refractivity contribution in [3.63, 3.8) is 0 Å². The molecule has 1 amide bonds. The van der Waals surface area contributed by atoms with E-state index in [1.807, 2.05) is 0 Å². The fraction of sp³-hybridized carbons (Fsp3) is 0.300. The predicted octanol–water partition coefficient (Wildman–Crippen LogP) is 2.28. The number of carbonyl (C=O) groups excluding carboxylic acids is 1. The van der Waals surface area contributed by atoms with Gasteiger partial charge in [0.2, 0.25) is 0 Å². The molecule has 0 aliphatic heterocycles. The van der Waals surface area contributed by atoms with Gasteiger partial charge in [-0.15, -0.1) is 0 Å². The zero-order valence-electron chi connectivity index (χ0n) is 8.89. The van der Waals surface area contributed by atoms with E-state index in [2.05, 4.69) is 0 Å². The third-order valence-corrected chi connectivity index (χ3v) is 2.06. The van der Waals surface area contributed by atoms with Gasteiger partial charge in [0.15, 0.2) is 0 Å². The van der Waals surface area contributed by atoms with Crippen molar-refractivity contribution in [2.24, 2.45) is 5.73 Å². The van der Waals surface area contributed by atoms with Crippen LogP contribution in [0.4, 0.5) is 27.6 Å². The Kier molecular flexibility index (Phi) is 3.90. The fourth-order valence-electron chi connectivity index (χ4n) is 1.11. The third kappa shape index (κ3) is 2.95. The molecule has 0 unspecified atom stereocenters. The number of amides is 1. The third-order valence-electron chi connectivity index (χ3n) is 2.06. The van der Waals surface area contributed by atoms with Crippen molar-refractivity contribution >= 4 is 11.6 Å². The number of rotatable bonds is 3. The van der Waals surface area contributed by atoms with E-state index in [9.17, 15) is 26.7 Å². The van der Waals surface area contributed by atoms with Gasteiger partial charge in [-0.2, -0.15) is 22.0 Å². The van der Waals surface area contributed by atoms with E-state index in [0.717, 1.165) is 0 Å². The lowest BCUT2D eigenvalue weighted by Crippen LogP contribution is -2.47. The number of nitrogens with two attached hydrogens (primary N) is 1. The Labute approximate surface area is 98.8 Å². The Bertz CT molecular complexity index is 444. The smallest absolute Gasteiger partial charge is 0.326 e. The molecular formula is C10H9F5N2O. The molecule has 100 valence electrons. The first kappa shape index (κ1) is 14.4. The van der Waals surface area contributed by atoms with E-state index in [4.69, 9.17) is 5.73 Å². The molecule has 0 spiro atoms. The highest BCUT2D eigenvalue weighted by Gasteiger charge is 2.63. The van der Waals surface area contributed by atoms with Gasteiger partial charge in [-0.1, -0.05) is 12.1 Å². The highest BCUT2D eigenvalue weighted by Crippen LogP contribution is 2.36. The van der Waals surface area contributed by atoms with Crippen LogP contribution in [0.15, 0.2) is 24.3 Å². The molecule has 0 aliphatic rings. The van der Waals surface area contributed by atoms with Gasteiger partial charge in [0.25, 0.3) is 0 Å². The number of alkyl halides is 5. The lowest BCUT2D eigenvalue weighted by Gasteiger charge is -2.18.